The lowest BCUT2D eigenvalue weighted by atomic mass is 10.1. The summed E-state index contributed by atoms with van der Waals surface area (Å²) in [4.78, 5) is 0. The van der Waals surface area contributed by atoms with Gasteiger partial charge in [-0.2, -0.15) is 8.42 Å². The van der Waals surface area contributed by atoms with Crippen LogP contribution in [0.2, 0.25) is 0 Å². The minimum atomic E-state index is -3.62. The smallest absolute Gasteiger partial charge is 0.264 e. The Bertz CT molecular complexity index is 559. The van der Waals surface area contributed by atoms with Crippen LogP contribution in [0.1, 0.15) is 12.5 Å². The van der Waals surface area contributed by atoms with Crippen molar-refractivity contribution in [3.05, 3.63) is 35.9 Å². The van der Waals surface area contributed by atoms with Gasteiger partial charge >= 0.3 is 0 Å². The van der Waals surface area contributed by atoms with E-state index in [0.29, 0.717) is 6.61 Å². The van der Waals surface area contributed by atoms with Crippen LogP contribution in [0.5, 0.6) is 0 Å². The van der Waals surface area contributed by atoms with Gasteiger partial charge in [0, 0.05) is 5.92 Å². The molecule has 0 N–H and O–H groups in total. The number of hydrogen-bond acceptors (Lipinski definition) is 7. The lowest BCUT2D eigenvalue weighted by Gasteiger charge is -2.24. The molecular formula is C13H19O7S2-. The summed E-state index contributed by atoms with van der Waals surface area (Å²) in [5.41, 5.74) is 0.950. The molecule has 0 radical (unpaired) electrons. The van der Waals surface area contributed by atoms with E-state index in [4.69, 9.17) is 8.92 Å². The van der Waals surface area contributed by atoms with Gasteiger partial charge < -0.3 is 9.29 Å². The van der Waals surface area contributed by atoms with E-state index in [1.165, 1.54) is 6.92 Å². The standard InChI is InChI=1S/C13H20O7S2/c1-11(20-21(14)15)13(10-19-22(2,16)17)9-18-8-12-6-4-3-5-7-12/h3-7,11,13H,8-10H2,1-2H3,(H,14,15)/p-1. The van der Waals surface area contributed by atoms with E-state index < -0.39 is 33.5 Å². The molecule has 0 saturated carbocycles. The highest BCUT2D eigenvalue weighted by Crippen LogP contribution is 2.13. The summed E-state index contributed by atoms with van der Waals surface area (Å²) in [6.07, 6.45) is 0.155. The van der Waals surface area contributed by atoms with Gasteiger partial charge in [-0.05, 0) is 12.5 Å². The molecule has 7 nitrogen and oxygen atoms in total. The molecule has 1 aromatic rings. The van der Waals surface area contributed by atoms with Gasteiger partial charge in [-0.3, -0.25) is 8.37 Å². The summed E-state index contributed by atoms with van der Waals surface area (Å²) in [6.45, 7) is 1.72. The topological polar surface area (TPSA) is 102 Å². The average molecular weight is 351 g/mol. The van der Waals surface area contributed by atoms with Crippen molar-refractivity contribution in [1.82, 2.24) is 0 Å². The van der Waals surface area contributed by atoms with E-state index in [2.05, 4.69) is 4.18 Å². The summed E-state index contributed by atoms with van der Waals surface area (Å²) in [5, 5.41) is 0. The van der Waals surface area contributed by atoms with Gasteiger partial charge in [0.25, 0.3) is 10.1 Å². The molecule has 9 heteroatoms. The van der Waals surface area contributed by atoms with Gasteiger partial charge in [-0.1, -0.05) is 30.3 Å². The Morgan fingerprint density at radius 1 is 1.23 bits per heavy atom. The maximum absolute atomic E-state index is 11.1. The van der Waals surface area contributed by atoms with Crippen LogP contribution in [0, 0.1) is 5.92 Å². The molecule has 1 aromatic carbocycles. The van der Waals surface area contributed by atoms with Crippen LogP contribution in [-0.2, 0) is 41.2 Å². The van der Waals surface area contributed by atoms with Crippen LogP contribution in [0.4, 0.5) is 0 Å². The van der Waals surface area contributed by atoms with Crippen LogP contribution in [0.3, 0.4) is 0 Å². The zero-order chi connectivity index (χ0) is 16.6. The van der Waals surface area contributed by atoms with Crippen molar-refractivity contribution in [1.29, 1.82) is 0 Å². The molecule has 0 aliphatic heterocycles. The Morgan fingerprint density at radius 3 is 2.41 bits per heavy atom. The van der Waals surface area contributed by atoms with E-state index in [-0.39, 0.29) is 13.2 Å². The van der Waals surface area contributed by atoms with E-state index in [1.54, 1.807) is 0 Å². The molecular weight excluding hydrogens is 332 g/mol. The highest BCUT2D eigenvalue weighted by Gasteiger charge is 2.21. The predicted octanol–water partition coefficient (Wildman–Crippen LogP) is 0.995. The van der Waals surface area contributed by atoms with Crippen LogP contribution in [-0.4, -0.2) is 42.8 Å². The second-order valence-corrected chi connectivity index (χ2v) is 7.00. The third kappa shape index (κ3) is 8.57. The second kappa shape index (κ2) is 9.33. The number of rotatable bonds is 10. The minimum Gasteiger partial charge on any atom is -0.750 e. The molecule has 126 valence electrons. The zero-order valence-electron chi connectivity index (χ0n) is 12.3. The monoisotopic (exact) mass is 351 g/mol. The molecule has 0 amide bonds. The largest absolute Gasteiger partial charge is 0.750 e. The maximum Gasteiger partial charge on any atom is 0.264 e. The fourth-order valence-electron chi connectivity index (χ4n) is 1.64. The second-order valence-electron chi connectivity index (χ2n) is 4.75. The van der Waals surface area contributed by atoms with Crippen molar-refractivity contribution in [3.63, 3.8) is 0 Å². The Morgan fingerprint density at radius 2 is 1.86 bits per heavy atom. The fourth-order valence-corrected chi connectivity index (χ4v) is 2.46. The molecule has 0 heterocycles. The van der Waals surface area contributed by atoms with Gasteiger partial charge in [-0.15, -0.1) is 0 Å². The molecule has 3 unspecified atom stereocenters. The van der Waals surface area contributed by atoms with E-state index in [0.717, 1.165) is 11.8 Å². The Hall–Kier alpha value is -0.840. The van der Waals surface area contributed by atoms with E-state index >= 15 is 0 Å². The Balaban J connectivity index is 2.54. The molecule has 0 spiro atoms. The van der Waals surface area contributed by atoms with Crippen molar-refractivity contribution in [2.75, 3.05) is 19.5 Å². The molecule has 3 atom stereocenters. The quantitative estimate of drug-likeness (QED) is 0.457. The molecule has 1 rings (SSSR count). The normalized spacial score (nSPS) is 16.1. The Kier molecular flexibility index (Phi) is 8.15. The number of hydrogen-bond donors (Lipinski definition) is 0. The van der Waals surface area contributed by atoms with Crippen LogP contribution >= 0.6 is 0 Å². The maximum atomic E-state index is 11.1. The van der Waals surface area contributed by atoms with Gasteiger partial charge in [0.2, 0.25) is 0 Å². The molecule has 0 bridgehead atoms. The van der Waals surface area contributed by atoms with Gasteiger partial charge in [0.15, 0.2) is 0 Å². The molecule has 0 aliphatic rings. The fraction of sp³-hybridized carbons (Fsp3) is 0.538. The first-order valence-electron chi connectivity index (χ1n) is 6.50. The summed E-state index contributed by atoms with van der Waals surface area (Å²) in [5.74, 6) is -0.545. The molecule has 0 aliphatic carbocycles. The van der Waals surface area contributed by atoms with Crippen molar-refractivity contribution < 1.29 is 30.3 Å². The first-order valence-corrected chi connectivity index (χ1v) is 9.32. The minimum absolute atomic E-state index is 0.1000. The third-order valence-corrected chi connectivity index (χ3v) is 3.86. The van der Waals surface area contributed by atoms with Crippen LogP contribution < -0.4 is 0 Å². The van der Waals surface area contributed by atoms with Crippen molar-refractivity contribution in [3.8, 4) is 0 Å². The number of ether oxygens (including phenoxy) is 1. The first kappa shape index (κ1) is 19.2. The summed E-state index contributed by atoms with van der Waals surface area (Å²) >= 11 is -2.69. The highest BCUT2D eigenvalue weighted by atomic mass is 32.2. The first-order chi connectivity index (χ1) is 10.3. The van der Waals surface area contributed by atoms with Crippen molar-refractivity contribution in [2.24, 2.45) is 5.92 Å². The SMILES string of the molecule is CC(OS(=O)[O-])C(COCc1ccccc1)COS(C)(=O)=O. The van der Waals surface area contributed by atoms with Gasteiger partial charge in [0.1, 0.15) is 0 Å². The van der Waals surface area contributed by atoms with Crippen molar-refractivity contribution in [2.45, 2.75) is 19.6 Å². The molecule has 0 aromatic heterocycles. The zero-order valence-corrected chi connectivity index (χ0v) is 14.0. The summed E-state index contributed by atoms with van der Waals surface area (Å²) < 4.78 is 58.1. The van der Waals surface area contributed by atoms with Gasteiger partial charge in [0.05, 0.1) is 43.5 Å². The lowest BCUT2D eigenvalue weighted by molar-refractivity contribution is 0.0205. The summed E-state index contributed by atoms with van der Waals surface area (Å²) in [7, 11) is -3.62. The average Bonchev–Trinajstić information content (AvgIpc) is 2.41. The van der Waals surface area contributed by atoms with Crippen LogP contribution in [0.25, 0.3) is 0 Å². The Labute approximate surface area is 133 Å². The van der Waals surface area contributed by atoms with Crippen molar-refractivity contribution >= 4 is 21.5 Å². The number of benzene rings is 1. The van der Waals surface area contributed by atoms with Crippen LogP contribution in [0.15, 0.2) is 30.3 Å². The lowest BCUT2D eigenvalue weighted by Crippen LogP contribution is -2.31. The summed E-state index contributed by atoms with van der Waals surface area (Å²) in [6, 6.07) is 9.39. The molecule has 0 fully saturated rings. The molecule has 22 heavy (non-hydrogen) atoms. The highest BCUT2D eigenvalue weighted by molar-refractivity contribution is 7.85. The predicted molar refractivity (Wildman–Crippen MR) is 79.9 cm³/mol. The van der Waals surface area contributed by atoms with Gasteiger partial charge in [-0.25, -0.2) is 4.21 Å². The molecule has 0 saturated heterocycles. The van der Waals surface area contributed by atoms with E-state index in [9.17, 15) is 17.2 Å². The third-order valence-electron chi connectivity index (χ3n) is 2.83. The van der Waals surface area contributed by atoms with E-state index in [1.807, 2.05) is 30.3 Å².